The van der Waals surface area contributed by atoms with Crippen molar-refractivity contribution in [1.29, 1.82) is 0 Å². The molecule has 0 aliphatic rings. The lowest BCUT2D eigenvalue weighted by atomic mass is 10.3. The number of thiophene rings is 1. The van der Waals surface area contributed by atoms with Crippen LogP contribution in [0.25, 0.3) is 10.6 Å². The minimum atomic E-state index is -4.40. The molecule has 0 aliphatic carbocycles. The average molecular weight is 253 g/mol. The highest BCUT2D eigenvalue weighted by Crippen LogP contribution is 2.33. The molecule has 0 saturated carbocycles. The minimum absolute atomic E-state index is 0.249. The molecular formula is C8H4ClF3N2S. The number of nitrogens with one attached hydrogen (secondary N) is 1. The molecule has 0 fully saturated rings. The molecule has 15 heavy (non-hydrogen) atoms. The zero-order valence-corrected chi connectivity index (χ0v) is 8.67. The monoisotopic (exact) mass is 252 g/mol. The van der Waals surface area contributed by atoms with Gasteiger partial charge in [0.15, 0.2) is 0 Å². The fourth-order valence-corrected chi connectivity index (χ4v) is 2.05. The molecule has 0 radical (unpaired) electrons. The molecule has 0 aliphatic heterocycles. The van der Waals surface area contributed by atoms with Crippen LogP contribution in [0.4, 0.5) is 13.2 Å². The van der Waals surface area contributed by atoms with Crippen molar-refractivity contribution in [3.05, 3.63) is 28.2 Å². The van der Waals surface area contributed by atoms with Crippen molar-refractivity contribution in [2.45, 2.75) is 6.18 Å². The van der Waals surface area contributed by atoms with Gasteiger partial charge >= 0.3 is 6.18 Å². The van der Waals surface area contributed by atoms with Crippen LogP contribution in [0, 0.1) is 0 Å². The number of alkyl halides is 3. The first-order valence-corrected chi connectivity index (χ1v) is 5.04. The second-order valence-electron chi connectivity index (χ2n) is 2.77. The molecule has 2 aromatic rings. The highest BCUT2D eigenvalue weighted by molar-refractivity contribution is 7.19. The Bertz CT molecular complexity index is 474. The van der Waals surface area contributed by atoms with E-state index >= 15 is 0 Å². The molecule has 80 valence electrons. The van der Waals surface area contributed by atoms with Gasteiger partial charge in [0, 0.05) is 0 Å². The number of H-pyrrole nitrogens is 1. The Balaban J connectivity index is 2.36. The van der Waals surface area contributed by atoms with Gasteiger partial charge in [-0.05, 0) is 18.2 Å². The van der Waals surface area contributed by atoms with Crippen molar-refractivity contribution < 1.29 is 13.2 Å². The maximum atomic E-state index is 12.2. The third-order valence-corrected chi connectivity index (χ3v) is 2.96. The van der Waals surface area contributed by atoms with E-state index in [1.165, 1.54) is 11.3 Å². The number of hydrogen-bond donors (Lipinski definition) is 1. The minimum Gasteiger partial charge on any atom is -0.273 e. The lowest BCUT2D eigenvalue weighted by Crippen LogP contribution is -2.04. The number of nitrogens with zero attached hydrogens (tertiary/aromatic N) is 1. The van der Waals surface area contributed by atoms with Crippen molar-refractivity contribution >= 4 is 22.9 Å². The molecule has 0 unspecified atom stereocenters. The van der Waals surface area contributed by atoms with Crippen molar-refractivity contribution in [3.63, 3.8) is 0 Å². The number of hydrogen-bond acceptors (Lipinski definition) is 2. The molecular weight excluding hydrogens is 249 g/mol. The summed E-state index contributed by atoms with van der Waals surface area (Å²) in [4.78, 5) is 0.603. The fraction of sp³-hybridized carbons (Fsp3) is 0.125. The zero-order chi connectivity index (χ0) is 11.1. The van der Waals surface area contributed by atoms with E-state index in [4.69, 9.17) is 11.6 Å². The van der Waals surface area contributed by atoms with E-state index in [9.17, 15) is 13.2 Å². The summed E-state index contributed by atoms with van der Waals surface area (Å²) in [5, 5.41) is 5.52. The van der Waals surface area contributed by atoms with Crippen LogP contribution in [0.5, 0.6) is 0 Å². The van der Waals surface area contributed by atoms with Gasteiger partial charge in [-0.15, -0.1) is 11.3 Å². The number of aromatic nitrogens is 2. The summed E-state index contributed by atoms with van der Waals surface area (Å²) in [6.07, 6.45) is -4.40. The van der Waals surface area contributed by atoms with E-state index in [1.54, 1.807) is 12.1 Å². The fourth-order valence-electron chi connectivity index (χ4n) is 1.05. The Morgan fingerprint density at radius 1 is 1.33 bits per heavy atom. The van der Waals surface area contributed by atoms with E-state index in [1.807, 2.05) is 5.10 Å². The largest absolute Gasteiger partial charge is 0.432 e. The highest BCUT2D eigenvalue weighted by atomic mass is 35.5. The Morgan fingerprint density at radius 2 is 2.07 bits per heavy atom. The molecule has 0 amide bonds. The van der Waals surface area contributed by atoms with Crippen molar-refractivity contribution in [2.24, 2.45) is 0 Å². The smallest absolute Gasteiger partial charge is 0.273 e. The van der Waals surface area contributed by atoms with Crippen LogP contribution < -0.4 is 0 Å². The summed E-state index contributed by atoms with van der Waals surface area (Å²) in [7, 11) is 0. The van der Waals surface area contributed by atoms with E-state index in [0.29, 0.717) is 9.21 Å². The Labute approximate surface area is 91.7 Å². The predicted molar refractivity (Wildman–Crippen MR) is 51.9 cm³/mol. The summed E-state index contributed by atoms with van der Waals surface area (Å²) >= 11 is 6.85. The molecule has 0 aromatic carbocycles. The SMILES string of the molecule is FC(F)(F)c1cc(-c2ccc(Cl)s2)n[nH]1. The van der Waals surface area contributed by atoms with Gasteiger partial charge in [0.25, 0.3) is 0 Å². The maximum Gasteiger partial charge on any atom is 0.432 e. The van der Waals surface area contributed by atoms with E-state index in [-0.39, 0.29) is 5.69 Å². The quantitative estimate of drug-likeness (QED) is 0.821. The third-order valence-electron chi connectivity index (χ3n) is 1.71. The van der Waals surface area contributed by atoms with Crippen molar-refractivity contribution in [1.82, 2.24) is 10.2 Å². The number of halogens is 4. The summed E-state index contributed by atoms with van der Waals surface area (Å²) in [5.41, 5.74) is -0.610. The van der Waals surface area contributed by atoms with Crippen LogP contribution in [0.15, 0.2) is 18.2 Å². The van der Waals surface area contributed by atoms with Crippen LogP contribution >= 0.6 is 22.9 Å². The van der Waals surface area contributed by atoms with Gasteiger partial charge in [-0.3, -0.25) is 5.10 Å². The highest BCUT2D eigenvalue weighted by Gasteiger charge is 2.33. The van der Waals surface area contributed by atoms with Crippen LogP contribution in [-0.4, -0.2) is 10.2 Å². The molecule has 1 N–H and O–H groups in total. The Kier molecular flexibility index (Phi) is 2.47. The van der Waals surface area contributed by atoms with Crippen LogP contribution in [0.3, 0.4) is 0 Å². The topological polar surface area (TPSA) is 28.7 Å². The summed E-state index contributed by atoms with van der Waals surface area (Å²) in [5.74, 6) is 0. The molecule has 0 spiro atoms. The lowest BCUT2D eigenvalue weighted by molar-refractivity contribution is -0.141. The van der Waals surface area contributed by atoms with E-state index in [0.717, 1.165) is 6.07 Å². The van der Waals surface area contributed by atoms with Crippen molar-refractivity contribution in [3.8, 4) is 10.6 Å². The van der Waals surface area contributed by atoms with Crippen molar-refractivity contribution in [2.75, 3.05) is 0 Å². The van der Waals surface area contributed by atoms with Gasteiger partial charge < -0.3 is 0 Å². The standard InChI is InChI=1S/C8H4ClF3N2S/c9-7-2-1-5(15-7)4-3-6(14-13-4)8(10,11)12/h1-3H,(H,13,14). The first-order chi connectivity index (χ1) is 6.97. The zero-order valence-electron chi connectivity index (χ0n) is 7.10. The lowest BCUT2D eigenvalue weighted by Gasteiger charge is -1.99. The second-order valence-corrected chi connectivity index (χ2v) is 4.48. The summed E-state index contributed by atoms with van der Waals surface area (Å²) in [6, 6.07) is 4.20. The number of rotatable bonds is 1. The molecule has 0 saturated heterocycles. The summed E-state index contributed by atoms with van der Waals surface area (Å²) in [6.45, 7) is 0. The van der Waals surface area contributed by atoms with Gasteiger partial charge in [0.2, 0.25) is 0 Å². The maximum absolute atomic E-state index is 12.2. The van der Waals surface area contributed by atoms with Gasteiger partial charge in [0.05, 0.1) is 9.21 Å². The van der Waals surface area contributed by atoms with Crippen LogP contribution in [-0.2, 0) is 6.18 Å². The van der Waals surface area contributed by atoms with Gasteiger partial charge in [-0.2, -0.15) is 18.3 Å². The Hall–Kier alpha value is -1.01. The normalized spacial score (nSPS) is 12.0. The van der Waals surface area contributed by atoms with Gasteiger partial charge in [-0.25, -0.2) is 0 Å². The number of aromatic amines is 1. The molecule has 2 heterocycles. The van der Waals surface area contributed by atoms with Gasteiger partial charge in [0.1, 0.15) is 11.4 Å². The first kappa shape index (κ1) is 10.5. The summed E-state index contributed by atoms with van der Waals surface area (Å²) < 4.78 is 37.2. The molecule has 0 atom stereocenters. The second kappa shape index (κ2) is 3.53. The average Bonchev–Trinajstić information content (AvgIpc) is 2.69. The molecule has 2 nitrogen and oxygen atoms in total. The molecule has 0 bridgehead atoms. The third kappa shape index (κ3) is 2.15. The molecule has 2 rings (SSSR count). The Morgan fingerprint density at radius 3 is 2.53 bits per heavy atom. The predicted octanol–water partition coefficient (Wildman–Crippen LogP) is 3.81. The van der Waals surface area contributed by atoms with E-state index in [2.05, 4.69) is 5.10 Å². The van der Waals surface area contributed by atoms with Gasteiger partial charge in [-0.1, -0.05) is 11.6 Å². The molecule has 2 aromatic heterocycles. The molecule has 7 heteroatoms. The van der Waals surface area contributed by atoms with Crippen LogP contribution in [0.2, 0.25) is 4.34 Å². The first-order valence-electron chi connectivity index (χ1n) is 3.85. The van der Waals surface area contributed by atoms with E-state index < -0.39 is 11.9 Å². The van der Waals surface area contributed by atoms with Crippen LogP contribution in [0.1, 0.15) is 5.69 Å².